The third-order valence-electron chi connectivity index (χ3n) is 3.70. The Morgan fingerprint density at radius 1 is 1.08 bits per heavy atom. The molecule has 122 valence electrons. The predicted molar refractivity (Wildman–Crippen MR) is 89.4 cm³/mol. The fourth-order valence-corrected chi connectivity index (χ4v) is 2.43. The lowest BCUT2D eigenvalue weighted by atomic mass is 10.1. The molecule has 1 unspecified atom stereocenters. The van der Waals surface area contributed by atoms with Crippen molar-refractivity contribution >= 4 is 22.6 Å². The van der Waals surface area contributed by atoms with Crippen LogP contribution in [-0.2, 0) is 16.1 Å². The summed E-state index contributed by atoms with van der Waals surface area (Å²) < 4.78 is 10.3. The zero-order valence-corrected chi connectivity index (χ0v) is 13.2. The third-order valence-corrected chi connectivity index (χ3v) is 3.70. The Balaban J connectivity index is 1.61. The largest absolute Gasteiger partial charge is 0.459 e. The first kappa shape index (κ1) is 15.8. The van der Waals surface area contributed by atoms with Crippen LogP contribution < -0.4 is 5.32 Å². The molecule has 1 aromatic heterocycles. The topological polar surface area (TPSA) is 68.5 Å². The highest BCUT2D eigenvalue weighted by atomic mass is 16.5. The molecular formula is C19H17NO4. The van der Waals surface area contributed by atoms with E-state index in [0.29, 0.717) is 0 Å². The van der Waals surface area contributed by atoms with Crippen LogP contribution in [0.3, 0.4) is 0 Å². The van der Waals surface area contributed by atoms with Gasteiger partial charge in [0.2, 0.25) is 0 Å². The summed E-state index contributed by atoms with van der Waals surface area (Å²) in [5.41, 5.74) is 0.922. The number of ether oxygens (including phenoxy) is 1. The number of fused-ring (bicyclic) bond motifs is 1. The Labute approximate surface area is 139 Å². The van der Waals surface area contributed by atoms with Crippen LogP contribution in [-0.4, -0.2) is 17.9 Å². The van der Waals surface area contributed by atoms with Crippen LogP contribution in [0, 0.1) is 0 Å². The summed E-state index contributed by atoms with van der Waals surface area (Å²) in [6, 6.07) is 16.1. The Morgan fingerprint density at radius 2 is 1.88 bits per heavy atom. The van der Waals surface area contributed by atoms with Crippen molar-refractivity contribution in [2.75, 3.05) is 0 Å². The lowest BCUT2D eigenvalue weighted by Gasteiger charge is -2.13. The van der Waals surface area contributed by atoms with Gasteiger partial charge in [-0.25, -0.2) is 4.79 Å². The van der Waals surface area contributed by atoms with Gasteiger partial charge in [-0.2, -0.15) is 0 Å². The van der Waals surface area contributed by atoms with Gasteiger partial charge in [0.25, 0.3) is 5.91 Å². The maximum Gasteiger partial charge on any atom is 0.328 e. The minimum atomic E-state index is -0.766. The van der Waals surface area contributed by atoms with Crippen molar-refractivity contribution in [1.29, 1.82) is 0 Å². The second kappa shape index (κ2) is 7.00. The van der Waals surface area contributed by atoms with Crippen LogP contribution in [0.15, 0.2) is 65.3 Å². The molecule has 1 atom stereocenters. The van der Waals surface area contributed by atoms with Crippen LogP contribution >= 0.6 is 0 Å². The average molecular weight is 323 g/mol. The molecule has 5 nitrogen and oxygen atoms in total. The second-order valence-electron chi connectivity index (χ2n) is 5.42. The molecule has 3 aromatic rings. The Morgan fingerprint density at radius 3 is 2.67 bits per heavy atom. The van der Waals surface area contributed by atoms with Gasteiger partial charge in [-0.15, -0.1) is 0 Å². The summed E-state index contributed by atoms with van der Waals surface area (Å²) in [7, 11) is 0. The van der Waals surface area contributed by atoms with Crippen molar-refractivity contribution in [2.24, 2.45) is 0 Å². The van der Waals surface area contributed by atoms with E-state index >= 15 is 0 Å². The van der Waals surface area contributed by atoms with Crippen molar-refractivity contribution in [3.05, 3.63) is 72.2 Å². The van der Waals surface area contributed by atoms with Gasteiger partial charge in [-0.1, -0.05) is 42.5 Å². The summed E-state index contributed by atoms with van der Waals surface area (Å²) in [6.45, 7) is 1.73. The van der Waals surface area contributed by atoms with E-state index < -0.39 is 17.9 Å². The monoisotopic (exact) mass is 323 g/mol. The molecule has 0 spiro atoms. The molecule has 0 aliphatic carbocycles. The standard InChI is InChI=1S/C19H17NO4/c1-13(20-18(21)17-10-5-11-23-17)19(22)24-12-15-8-4-7-14-6-2-3-9-16(14)15/h2-11,13H,12H2,1H3,(H,20,21). The van der Waals surface area contributed by atoms with Gasteiger partial charge in [0.15, 0.2) is 5.76 Å². The van der Waals surface area contributed by atoms with E-state index in [1.165, 1.54) is 12.3 Å². The number of hydrogen-bond donors (Lipinski definition) is 1. The summed E-state index contributed by atoms with van der Waals surface area (Å²) >= 11 is 0. The van der Waals surface area contributed by atoms with E-state index in [1.807, 2.05) is 42.5 Å². The fraction of sp³-hybridized carbons (Fsp3) is 0.158. The van der Waals surface area contributed by atoms with Crippen molar-refractivity contribution < 1.29 is 18.7 Å². The summed E-state index contributed by atoms with van der Waals surface area (Å²) in [4.78, 5) is 23.9. The number of carbonyl (C=O) groups is 2. The predicted octanol–water partition coefficient (Wildman–Crippen LogP) is 3.29. The van der Waals surface area contributed by atoms with Crippen LogP contribution in [0.4, 0.5) is 0 Å². The zero-order valence-electron chi connectivity index (χ0n) is 13.2. The average Bonchev–Trinajstić information content (AvgIpc) is 3.14. The Bertz CT molecular complexity index is 849. The van der Waals surface area contributed by atoms with Crippen LogP contribution in [0.25, 0.3) is 10.8 Å². The number of furan rings is 1. The van der Waals surface area contributed by atoms with E-state index in [4.69, 9.17) is 9.15 Å². The van der Waals surface area contributed by atoms with E-state index in [9.17, 15) is 9.59 Å². The summed E-state index contributed by atoms with van der Waals surface area (Å²) in [6.07, 6.45) is 1.40. The molecule has 1 N–H and O–H groups in total. The first-order valence-electron chi connectivity index (χ1n) is 7.63. The van der Waals surface area contributed by atoms with E-state index in [2.05, 4.69) is 5.32 Å². The lowest BCUT2D eigenvalue weighted by Crippen LogP contribution is -2.39. The molecule has 1 heterocycles. The number of benzene rings is 2. The molecule has 0 fully saturated rings. The maximum atomic E-state index is 12.1. The molecule has 0 radical (unpaired) electrons. The lowest BCUT2D eigenvalue weighted by molar-refractivity contribution is -0.146. The van der Waals surface area contributed by atoms with Crippen molar-refractivity contribution in [2.45, 2.75) is 19.6 Å². The molecule has 0 saturated carbocycles. The number of carbonyl (C=O) groups excluding carboxylic acids is 2. The molecule has 0 saturated heterocycles. The van der Waals surface area contributed by atoms with E-state index in [-0.39, 0.29) is 12.4 Å². The van der Waals surface area contributed by atoms with E-state index in [0.717, 1.165) is 16.3 Å². The zero-order chi connectivity index (χ0) is 16.9. The van der Waals surface area contributed by atoms with Gasteiger partial charge in [0, 0.05) is 0 Å². The summed E-state index contributed by atoms with van der Waals surface area (Å²) in [5, 5.41) is 4.68. The molecule has 2 aromatic carbocycles. The van der Waals surface area contributed by atoms with Crippen molar-refractivity contribution in [1.82, 2.24) is 5.32 Å². The van der Waals surface area contributed by atoms with Gasteiger partial charge in [0.1, 0.15) is 12.6 Å². The van der Waals surface area contributed by atoms with Gasteiger partial charge < -0.3 is 14.5 Å². The van der Waals surface area contributed by atoms with Gasteiger partial charge in [-0.05, 0) is 35.4 Å². The number of hydrogen-bond acceptors (Lipinski definition) is 4. The van der Waals surface area contributed by atoms with Gasteiger partial charge in [0.05, 0.1) is 6.26 Å². The van der Waals surface area contributed by atoms with Crippen LogP contribution in [0.1, 0.15) is 23.0 Å². The number of esters is 1. The van der Waals surface area contributed by atoms with Crippen molar-refractivity contribution in [3.8, 4) is 0 Å². The maximum absolute atomic E-state index is 12.1. The molecular weight excluding hydrogens is 306 g/mol. The quantitative estimate of drug-likeness (QED) is 0.732. The van der Waals surface area contributed by atoms with Crippen LogP contribution in [0.2, 0.25) is 0 Å². The van der Waals surface area contributed by atoms with Crippen molar-refractivity contribution in [3.63, 3.8) is 0 Å². The Hall–Kier alpha value is -3.08. The summed E-state index contributed by atoms with van der Waals surface area (Å²) in [5.74, 6) is -0.791. The normalized spacial score (nSPS) is 11.9. The molecule has 1 amide bonds. The molecule has 24 heavy (non-hydrogen) atoms. The molecule has 0 aliphatic rings. The SMILES string of the molecule is CC(NC(=O)c1ccco1)C(=O)OCc1cccc2ccccc12. The number of nitrogens with one attached hydrogen (secondary N) is 1. The highest BCUT2D eigenvalue weighted by Crippen LogP contribution is 2.19. The minimum Gasteiger partial charge on any atom is -0.459 e. The van der Waals surface area contributed by atoms with E-state index in [1.54, 1.807) is 13.0 Å². The Kier molecular flexibility index (Phi) is 4.61. The minimum absolute atomic E-state index is 0.154. The first-order valence-corrected chi connectivity index (χ1v) is 7.63. The fourth-order valence-electron chi connectivity index (χ4n) is 2.43. The highest BCUT2D eigenvalue weighted by Gasteiger charge is 2.19. The first-order chi connectivity index (χ1) is 11.6. The van der Waals surface area contributed by atoms with Crippen LogP contribution in [0.5, 0.6) is 0 Å². The second-order valence-corrected chi connectivity index (χ2v) is 5.42. The van der Waals surface area contributed by atoms with Gasteiger partial charge >= 0.3 is 5.97 Å². The number of rotatable bonds is 5. The number of amides is 1. The molecule has 0 bridgehead atoms. The molecule has 3 rings (SSSR count). The highest BCUT2D eigenvalue weighted by molar-refractivity contribution is 5.94. The molecule has 5 heteroatoms. The third kappa shape index (κ3) is 3.46. The molecule has 0 aliphatic heterocycles. The van der Waals surface area contributed by atoms with Gasteiger partial charge in [-0.3, -0.25) is 4.79 Å². The smallest absolute Gasteiger partial charge is 0.328 e.